The SMILES string of the molecule is CCCC[C@@H](NC(C)=O)C(=O)N[C@@H]1CC(=O)NCCCC[C@@H](C(N)=O)NC(=O)[C@H](Cc2c[nH]c3ccccc23)NC(=O)[C@@H](CCCN=C(N)N)NC(=O)[C@H](Cc2ccc3ccccc3c2)NC(=O)[C@H]2C[C@@]3(C)CCCC[C@@]3(C)N2C1=O. The average Bonchev–Trinajstić information content (AvgIpc) is 2.39. The second-order valence-electron chi connectivity index (χ2n) is 22.5. The van der Waals surface area contributed by atoms with Gasteiger partial charge in [-0.3, -0.25) is 48.1 Å². The van der Waals surface area contributed by atoms with Crippen molar-refractivity contribution in [2.24, 2.45) is 27.6 Å². The summed E-state index contributed by atoms with van der Waals surface area (Å²) in [4.78, 5) is 138. The minimum Gasteiger partial charge on any atom is -0.370 e. The van der Waals surface area contributed by atoms with Crippen molar-refractivity contribution in [3.8, 4) is 0 Å². The number of aliphatic imine (C=N–C) groups is 1. The highest BCUT2D eigenvalue weighted by Crippen LogP contribution is 2.57. The van der Waals surface area contributed by atoms with Crippen LogP contribution in [-0.4, -0.2) is 130 Å². The Hall–Kier alpha value is -8.04. The Balaban J connectivity index is 1.31. The molecular weight excluding hydrogens is 1030 g/mol. The van der Waals surface area contributed by atoms with Crippen LogP contribution in [0.25, 0.3) is 21.7 Å². The third-order valence-electron chi connectivity index (χ3n) is 16.6. The molecule has 3 fully saturated rings. The van der Waals surface area contributed by atoms with Gasteiger partial charge in [-0.15, -0.1) is 0 Å². The average molecular weight is 1120 g/mol. The molecule has 3 heterocycles. The molecule has 3 aromatic carbocycles. The molecule has 2 aliphatic heterocycles. The maximum Gasteiger partial charge on any atom is 0.246 e. The molecular formula is C59H81N13O9. The van der Waals surface area contributed by atoms with E-state index < -0.39 is 113 Å². The minimum absolute atomic E-state index is 0.0287. The first-order valence-corrected chi connectivity index (χ1v) is 28.5. The van der Waals surface area contributed by atoms with Gasteiger partial charge in [0, 0.05) is 55.5 Å². The number of hydrogen-bond acceptors (Lipinski definition) is 10. The normalized spacial score (nSPS) is 25.9. The highest BCUT2D eigenvalue weighted by molar-refractivity contribution is 6.00. The lowest BCUT2D eigenvalue weighted by molar-refractivity contribution is -0.150. The smallest absolute Gasteiger partial charge is 0.246 e. The number of aromatic nitrogens is 1. The number of H-pyrrole nitrogens is 1. The van der Waals surface area contributed by atoms with Gasteiger partial charge in [-0.05, 0) is 98.1 Å². The number of primary amides is 1. The number of nitrogens with zero attached hydrogens (tertiary/aromatic N) is 2. The molecule has 22 heteroatoms. The molecule has 436 valence electrons. The zero-order valence-corrected chi connectivity index (χ0v) is 47.0. The maximum atomic E-state index is 15.7. The largest absolute Gasteiger partial charge is 0.370 e. The number of carbonyl (C=O) groups excluding carboxylic acids is 9. The van der Waals surface area contributed by atoms with Gasteiger partial charge in [-0.25, -0.2) is 0 Å². The summed E-state index contributed by atoms with van der Waals surface area (Å²) >= 11 is 0. The Morgan fingerprint density at radius 2 is 1.46 bits per heavy atom. The van der Waals surface area contributed by atoms with Gasteiger partial charge in [0.25, 0.3) is 0 Å². The van der Waals surface area contributed by atoms with E-state index in [1.165, 1.54) is 11.8 Å². The number of unbranched alkanes of at least 4 members (excludes halogenated alkanes) is 1. The van der Waals surface area contributed by atoms with E-state index in [-0.39, 0.29) is 70.4 Å². The van der Waals surface area contributed by atoms with Crippen LogP contribution in [0.15, 0.2) is 77.9 Å². The number of hydrogen-bond donors (Lipinski definition) is 11. The van der Waals surface area contributed by atoms with Crippen LogP contribution in [0.2, 0.25) is 0 Å². The van der Waals surface area contributed by atoms with Crippen LogP contribution < -0.4 is 54.4 Å². The molecule has 0 unspecified atom stereocenters. The molecule has 3 aliphatic rings. The monoisotopic (exact) mass is 1120 g/mol. The van der Waals surface area contributed by atoms with Crippen molar-refractivity contribution in [3.05, 3.63) is 84.1 Å². The molecule has 0 radical (unpaired) electrons. The highest BCUT2D eigenvalue weighted by Gasteiger charge is 2.62. The predicted molar refractivity (Wildman–Crippen MR) is 307 cm³/mol. The summed E-state index contributed by atoms with van der Waals surface area (Å²) in [5.41, 5.74) is 17.7. The van der Waals surface area contributed by atoms with Gasteiger partial charge in [-0.1, -0.05) is 100 Å². The molecule has 4 aromatic rings. The van der Waals surface area contributed by atoms with E-state index in [0.717, 1.165) is 34.5 Å². The summed E-state index contributed by atoms with van der Waals surface area (Å²) in [6.45, 7) is 7.34. The molecule has 7 rings (SSSR count). The molecule has 1 aliphatic carbocycles. The number of rotatable bonds is 15. The van der Waals surface area contributed by atoms with E-state index in [9.17, 15) is 28.8 Å². The van der Waals surface area contributed by atoms with E-state index in [1.54, 1.807) is 6.20 Å². The maximum absolute atomic E-state index is 15.7. The Kier molecular flexibility index (Phi) is 20.5. The lowest BCUT2D eigenvalue weighted by Gasteiger charge is -2.50. The number of nitrogens with two attached hydrogens (primary N) is 3. The standard InChI is InChI=1S/C59H81N13O9/c1-5-6-19-43(66-35(2)73)51(76)71-47-32-49(74)63-27-14-11-21-42(50(60)75)67-54(79)46(31-39-34-65-41-20-10-9-18-40(39)41)69-52(77)44(22-15-28-64-57(61)62)68-53(78)45(30-36-23-24-37-16-7-8-17-38(37)29-36)70-55(80)48-33-58(3)25-12-13-26-59(58,4)72(48)56(47)81/h7-10,16-18,20,23-24,29,34,42-48,65H,5-6,11-15,19,21-22,25-28,30-33H2,1-4H3,(H2,60,75)(H,63,74)(H,66,73)(H,67,79)(H,68,78)(H,69,77)(H,70,80)(H,71,76)(H4,61,62,64)/t42-,43+,44+,45-,46-,47+,48+,58+,59+/m0/s1. The topological polar surface area (TPSA) is 347 Å². The zero-order valence-electron chi connectivity index (χ0n) is 47.0. The number of amides is 9. The number of guanidine groups is 1. The summed E-state index contributed by atoms with van der Waals surface area (Å²) in [6.07, 6.45) is 6.33. The van der Waals surface area contributed by atoms with Gasteiger partial charge in [-0.2, -0.15) is 0 Å². The Bertz CT molecular complexity index is 2990. The van der Waals surface area contributed by atoms with E-state index in [0.29, 0.717) is 43.2 Å². The zero-order chi connectivity index (χ0) is 58.4. The highest BCUT2D eigenvalue weighted by atomic mass is 16.2. The van der Waals surface area contributed by atoms with E-state index in [4.69, 9.17) is 17.2 Å². The molecule has 1 saturated carbocycles. The van der Waals surface area contributed by atoms with E-state index >= 15 is 14.4 Å². The second-order valence-corrected chi connectivity index (χ2v) is 22.5. The summed E-state index contributed by atoms with van der Waals surface area (Å²) < 4.78 is 0. The Labute approximate surface area is 472 Å². The fourth-order valence-corrected chi connectivity index (χ4v) is 12.0. The number of para-hydroxylation sites is 1. The number of carbonyl (C=O) groups is 9. The molecule has 81 heavy (non-hydrogen) atoms. The van der Waals surface area contributed by atoms with Crippen LogP contribution in [0.5, 0.6) is 0 Å². The number of fused-ring (bicyclic) bond motifs is 5. The van der Waals surface area contributed by atoms with Crippen molar-refractivity contribution >= 4 is 80.8 Å². The van der Waals surface area contributed by atoms with Crippen LogP contribution >= 0.6 is 0 Å². The van der Waals surface area contributed by atoms with Crippen molar-refractivity contribution < 1.29 is 43.2 Å². The quantitative estimate of drug-likeness (QED) is 0.0466. The van der Waals surface area contributed by atoms with E-state index in [1.807, 2.05) is 87.5 Å². The first-order valence-electron chi connectivity index (χ1n) is 28.5. The lowest BCUT2D eigenvalue weighted by atomic mass is 9.63. The molecule has 9 atom stereocenters. The molecule has 0 bridgehead atoms. The summed E-state index contributed by atoms with van der Waals surface area (Å²) in [7, 11) is 0. The van der Waals surface area contributed by atoms with Crippen LogP contribution in [0.4, 0.5) is 0 Å². The van der Waals surface area contributed by atoms with Crippen molar-refractivity contribution in [1.82, 2.24) is 47.1 Å². The molecule has 9 amide bonds. The fraction of sp³-hybridized carbons (Fsp3) is 0.525. The first kappa shape index (κ1) is 60.6. The minimum atomic E-state index is -1.50. The van der Waals surface area contributed by atoms with Gasteiger partial charge >= 0.3 is 0 Å². The van der Waals surface area contributed by atoms with Gasteiger partial charge in [0.2, 0.25) is 53.2 Å². The van der Waals surface area contributed by atoms with Crippen LogP contribution in [0.3, 0.4) is 0 Å². The van der Waals surface area contributed by atoms with Crippen molar-refractivity contribution in [2.45, 2.75) is 178 Å². The molecule has 14 N–H and O–H groups in total. The van der Waals surface area contributed by atoms with Gasteiger partial charge < -0.3 is 64.3 Å². The van der Waals surface area contributed by atoms with Crippen molar-refractivity contribution in [2.75, 3.05) is 13.1 Å². The summed E-state index contributed by atoms with van der Waals surface area (Å²) in [5, 5.41) is 22.4. The first-order chi connectivity index (χ1) is 38.7. The summed E-state index contributed by atoms with van der Waals surface area (Å²) in [5.74, 6) is -6.34. The molecule has 22 nitrogen and oxygen atoms in total. The Morgan fingerprint density at radius 1 is 0.778 bits per heavy atom. The fourth-order valence-electron chi connectivity index (χ4n) is 12.0. The van der Waals surface area contributed by atoms with Gasteiger partial charge in [0.15, 0.2) is 5.96 Å². The van der Waals surface area contributed by atoms with Gasteiger partial charge in [0.1, 0.15) is 42.3 Å². The third kappa shape index (κ3) is 15.3. The number of benzene rings is 3. The Morgan fingerprint density at radius 3 is 2.20 bits per heavy atom. The molecule has 0 spiro atoms. The number of nitrogens with one attached hydrogen (secondary N) is 8. The number of aromatic amines is 1. The van der Waals surface area contributed by atoms with Crippen LogP contribution in [0.1, 0.15) is 129 Å². The second kappa shape index (κ2) is 27.4. The third-order valence-corrected chi connectivity index (χ3v) is 16.6. The lowest BCUT2D eigenvalue weighted by Crippen LogP contribution is -2.64. The predicted octanol–water partition coefficient (Wildman–Crippen LogP) is 2.39. The van der Waals surface area contributed by atoms with Crippen molar-refractivity contribution in [3.63, 3.8) is 0 Å². The summed E-state index contributed by atoms with van der Waals surface area (Å²) in [6, 6.07) is 11.8. The van der Waals surface area contributed by atoms with E-state index in [2.05, 4.69) is 47.2 Å². The van der Waals surface area contributed by atoms with Crippen molar-refractivity contribution in [1.29, 1.82) is 0 Å². The molecule has 2 saturated heterocycles. The van der Waals surface area contributed by atoms with Gasteiger partial charge in [0.05, 0.1) is 6.42 Å². The van der Waals surface area contributed by atoms with Crippen LogP contribution in [-0.2, 0) is 56.0 Å². The van der Waals surface area contributed by atoms with Crippen LogP contribution in [0, 0.1) is 5.41 Å². The molecule has 1 aromatic heterocycles.